The number of hydrogen-bond acceptors (Lipinski definition) is 8. The lowest BCUT2D eigenvalue weighted by Crippen LogP contribution is -2.69. The van der Waals surface area contributed by atoms with E-state index < -0.39 is 41.4 Å². The second-order valence-electron chi connectivity index (χ2n) is 6.93. The smallest absolute Gasteiger partial charge is 0.273 e. The molecule has 2 saturated heterocycles. The van der Waals surface area contributed by atoms with Crippen molar-refractivity contribution in [3.05, 3.63) is 34.4 Å². The fourth-order valence-electron chi connectivity index (χ4n) is 3.14. The molecule has 0 unspecified atom stereocenters. The Morgan fingerprint density at radius 2 is 2.19 bits per heavy atom. The SMILES string of the molecule is CC(=O)N[C@H]1[C@@H](Oc2cccc([N+](=O)[O-])c2)O[C@H]2COC(C)(C)O[C@H]2[C@@H]1O. The van der Waals surface area contributed by atoms with Crippen LogP contribution in [0.15, 0.2) is 24.3 Å². The van der Waals surface area contributed by atoms with Crippen molar-refractivity contribution >= 4 is 11.6 Å². The van der Waals surface area contributed by atoms with E-state index in [1.807, 2.05) is 0 Å². The first-order valence-corrected chi connectivity index (χ1v) is 8.50. The van der Waals surface area contributed by atoms with Crippen LogP contribution in [0.4, 0.5) is 5.69 Å². The van der Waals surface area contributed by atoms with Gasteiger partial charge in [0.05, 0.1) is 17.6 Å². The van der Waals surface area contributed by atoms with E-state index in [-0.39, 0.29) is 24.0 Å². The highest BCUT2D eigenvalue weighted by Gasteiger charge is 2.52. The molecule has 0 saturated carbocycles. The largest absolute Gasteiger partial charge is 0.462 e. The van der Waals surface area contributed by atoms with Crippen molar-refractivity contribution in [1.29, 1.82) is 0 Å². The first-order chi connectivity index (χ1) is 12.7. The first kappa shape index (κ1) is 19.5. The van der Waals surface area contributed by atoms with Crippen molar-refractivity contribution in [2.45, 2.75) is 57.2 Å². The number of amides is 1. The lowest BCUT2D eigenvalue weighted by atomic mass is 9.95. The summed E-state index contributed by atoms with van der Waals surface area (Å²) in [6.07, 6.45) is -3.56. The zero-order chi connectivity index (χ0) is 19.8. The van der Waals surface area contributed by atoms with Gasteiger partial charge in [0.2, 0.25) is 12.2 Å². The molecule has 3 rings (SSSR count). The topological polar surface area (TPSA) is 129 Å². The first-order valence-electron chi connectivity index (χ1n) is 8.50. The minimum Gasteiger partial charge on any atom is -0.462 e. The van der Waals surface area contributed by atoms with E-state index in [1.54, 1.807) is 13.8 Å². The molecule has 5 atom stereocenters. The Kier molecular flexibility index (Phi) is 5.33. The molecule has 0 bridgehead atoms. The standard InChI is InChI=1S/C17H22N2O8/c1-9(20)18-13-14(21)15-12(8-24-17(2,3)27-15)26-16(13)25-11-6-4-5-10(7-11)19(22)23/h4-7,12-16,21H,8H2,1-3H3,(H,18,20)/t12-,13+,14+,15+,16-/m0/s1. The number of ether oxygens (including phenoxy) is 4. The van der Waals surface area contributed by atoms with Gasteiger partial charge in [-0.15, -0.1) is 0 Å². The zero-order valence-corrected chi connectivity index (χ0v) is 15.2. The molecule has 2 aliphatic rings. The Balaban J connectivity index is 1.83. The molecule has 2 N–H and O–H groups in total. The van der Waals surface area contributed by atoms with Crippen LogP contribution in [-0.4, -0.2) is 59.0 Å². The highest BCUT2D eigenvalue weighted by molar-refractivity contribution is 5.73. The summed E-state index contributed by atoms with van der Waals surface area (Å²) in [5.41, 5.74) is -0.149. The molecule has 2 aliphatic heterocycles. The maximum atomic E-state index is 11.6. The third-order valence-corrected chi connectivity index (χ3v) is 4.34. The van der Waals surface area contributed by atoms with Crippen LogP contribution in [-0.2, 0) is 19.0 Å². The van der Waals surface area contributed by atoms with Crippen molar-refractivity contribution in [2.75, 3.05) is 6.61 Å². The average molecular weight is 382 g/mol. The number of non-ortho nitro benzene ring substituents is 1. The van der Waals surface area contributed by atoms with Gasteiger partial charge in [0.1, 0.15) is 30.1 Å². The summed E-state index contributed by atoms with van der Waals surface area (Å²) in [5, 5.41) is 24.3. The quantitative estimate of drug-likeness (QED) is 0.575. The second-order valence-corrected chi connectivity index (χ2v) is 6.93. The van der Waals surface area contributed by atoms with Crippen LogP contribution in [0, 0.1) is 10.1 Å². The Bertz CT molecular complexity index is 725. The minimum absolute atomic E-state index is 0.149. The molecule has 10 nitrogen and oxygen atoms in total. The lowest BCUT2D eigenvalue weighted by molar-refractivity contribution is -0.385. The predicted octanol–water partition coefficient (Wildman–Crippen LogP) is 0.716. The normalized spacial score (nSPS) is 32.2. The third kappa shape index (κ3) is 4.35. The fourth-order valence-corrected chi connectivity index (χ4v) is 3.14. The number of aliphatic hydroxyl groups excluding tert-OH is 1. The number of nitro groups is 1. The molecule has 2 fully saturated rings. The molecular formula is C17H22N2O8. The molecule has 0 spiro atoms. The maximum absolute atomic E-state index is 11.6. The van der Waals surface area contributed by atoms with E-state index >= 15 is 0 Å². The van der Waals surface area contributed by atoms with Crippen LogP contribution in [0.2, 0.25) is 0 Å². The van der Waals surface area contributed by atoms with E-state index in [0.29, 0.717) is 0 Å². The molecule has 0 radical (unpaired) electrons. The van der Waals surface area contributed by atoms with Gasteiger partial charge < -0.3 is 29.4 Å². The van der Waals surface area contributed by atoms with Gasteiger partial charge in [-0.25, -0.2) is 0 Å². The van der Waals surface area contributed by atoms with Crippen molar-refractivity contribution < 1.29 is 33.8 Å². The van der Waals surface area contributed by atoms with E-state index in [9.17, 15) is 20.0 Å². The molecule has 0 aromatic heterocycles. The van der Waals surface area contributed by atoms with Gasteiger partial charge in [-0.1, -0.05) is 6.07 Å². The Morgan fingerprint density at radius 3 is 2.85 bits per heavy atom. The molecule has 1 amide bonds. The van der Waals surface area contributed by atoms with Crippen LogP contribution in [0.5, 0.6) is 5.75 Å². The average Bonchev–Trinajstić information content (AvgIpc) is 2.59. The number of nitrogens with zero attached hydrogens (tertiary/aromatic N) is 1. The second kappa shape index (κ2) is 7.39. The third-order valence-electron chi connectivity index (χ3n) is 4.34. The molecule has 2 heterocycles. The summed E-state index contributed by atoms with van der Waals surface area (Å²) in [6.45, 7) is 4.90. The van der Waals surface area contributed by atoms with E-state index in [1.165, 1.54) is 31.2 Å². The van der Waals surface area contributed by atoms with Crippen molar-refractivity contribution in [1.82, 2.24) is 5.32 Å². The number of rotatable bonds is 4. The number of hydrogen-bond donors (Lipinski definition) is 2. The minimum atomic E-state index is -1.13. The van der Waals surface area contributed by atoms with Gasteiger partial charge in [0, 0.05) is 13.0 Å². The van der Waals surface area contributed by atoms with Crippen molar-refractivity contribution in [3.63, 3.8) is 0 Å². The number of nitrogens with one attached hydrogen (secondary N) is 1. The van der Waals surface area contributed by atoms with Gasteiger partial charge in [-0.05, 0) is 19.9 Å². The number of carbonyl (C=O) groups excluding carboxylic acids is 1. The molecule has 1 aromatic carbocycles. The summed E-state index contributed by atoms with van der Waals surface area (Å²) < 4.78 is 22.9. The summed E-state index contributed by atoms with van der Waals surface area (Å²) in [6, 6.07) is 4.63. The van der Waals surface area contributed by atoms with Crippen molar-refractivity contribution in [3.8, 4) is 5.75 Å². The Hall–Kier alpha value is -2.27. The summed E-state index contributed by atoms with van der Waals surface area (Å²) in [7, 11) is 0. The van der Waals surface area contributed by atoms with Gasteiger partial charge in [0.25, 0.3) is 5.69 Å². The van der Waals surface area contributed by atoms with Crippen LogP contribution >= 0.6 is 0 Å². The molecular weight excluding hydrogens is 360 g/mol. The maximum Gasteiger partial charge on any atom is 0.273 e. The molecule has 1 aromatic rings. The molecule has 148 valence electrons. The molecule has 10 heteroatoms. The van der Waals surface area contributed by atoms with Crippen LogP contribution < -0.4 is 10.1 Å². The summed E-state index contributed by atoms with van der Waals surface area (Å²) in [5.74, 6) is -1.12. The van der Waals surface area contributed by atoms with E-state index in [2.05, 4.69) is 5.32 Å². The highest BCUT2D eigenvalue weighted by atomic mass is 16.8. The van der Waals surface area contributed by atoms with Crippen LogP contribution in [0.25, 0.3) is 0 Å². The monoisotopic (exact) mass is 382 g/mol. The highest BCUT2D eigenvalue weighted by Crippen LogP contribution is 2.33. The number of carbonyl (C=O) groups is 1. The Morgan fingerprint density at radius 1 is 1.44 bits per heavy atom. The van der Waals surface area contributed by atoms with Crippen LogP contribution in [0.3, 0.4) is 0 Å². The van der Waals surface area contributed by atoms with E-state index in [4.69, 9.17) is 18.9 Å². The Labute approximate surface area is 155 Å². The van der Waals surface area contributed by atoms with Gasteiger partial charge in [-0.2, -0.15) is 0 Å². The predicted molar refractivity (Wildman–Crippen MR) is 90.9 cm³/mol. The van der Waals surface area contributed by atoms with E-state index in [0.717, 1.165) is 0 Å². The number of aliphatic hydroxyl groups is 1. The molecule has 27 heavy (non-hydrogen) atoms. The van der Waals surface area contributed by atoms with Gasteiger partial charge in [0.15, 0.2) is 5.79 Å². The zero-order valence-electron chi connectivity index (χ0n) is 15.2. The lowest BCUT2D eigenvalue weighted by Gasteiger charge is -2.49. The van der Waals surface area contributed by atoms with Crippen molar-refractivity contribution in [2.24, 2.45) is 0 Å². The van der Waals surface area contributed by atoms with Crippen LogP contribution in [0.1, 0.15) is 20.8 Å². The summed E-state index contributed by atoms with van der Waals surface area (Å²) >= 11 is 0. The van der Waals surface area contributed by atoms with Gasteiger partial charge in [-0.3, -0.25) is 14.9 Å². The van der Waals surface area contributed by atoms with Gasteiger partial charge >= 0.3 is 0 Å². The number of benzene rings is 1. The summed E-state index contributed by atoms with van der Waals surface area (Å²) in [4.78, 5) is 22.0. The number of fused-ring (bicyclic) bond motifs is 1. The molecule has 0 aliphatic carbocycles. The fraction of sp³-hybridized carbons (Fsp3) is 0.588. The number of nitro benzene ring substituents is 1.